The molecular weight excluding hydrogens is 352 g/mol. The Morgan fingerprint density at radius 3 is 2.71 bits per heavy atom. The molecule has 0 aliphatic carbocycles. The second-order valence-corrected chi connectivity index (χ2v) is 7.59. The number of carboxylic acids is 1. The third kappa shape index (κ3) is 3.97. The normalized spacial score (nSPS) is 20.2. The molecule has 1 fully saturated rings. The lowest BCUT2D eigenvalue weighted by molar-refractivity contribution is -0.144. The van der Waals surface area contributed by atoms with Crippen LogP contribution in [-0.2, 0) is 11.3 Å². The summed E-state index contributed by atoms with van der Waals surface area (Å²) in [6.07, 6.45) is 6.36. The van der Waals surface area contributed by atoms with Crippen LogP contribution in [0.3, 0.4) is 0 Å². The number of benzene rings is 1. The van der Waals surface area contributed by atoms with Crippen LogP contribution in [0.25, 0.3) is 16.9 Å². The number of para-hydroxylation sites is 1. The van der Waals surface area contributed by atoms with Gasteiger partial charge in [0.25, 0.3) is 0 Å². The van der Waals surface area contributed by atoms with Gasteiger partial charge in [0.2, 0.25) is 0 Å². The molecule has 2 atom stereocenters. The lowest BCUT2D eigenvalue weighted by Crippen LogP contribution is -2.41. The summed E-state index contributed by atoms with van der Waals surface area (Å²) in [5, 5.41) is 14.3. The van der Waals surface area contributed by atoms with Gasteiger partial charge < -0.3 is 5.11 Å². The fourth-order valence-electron chi connectivity index (χ4n) is 3.99. The minimum atomic E-state index is -0.705. The Kier molecular flexibility index (Phi) is 5.21. The zero-order valence-electron chi connectivity index (χ0n) is 15.9. The van der Waals surface area contributed by atoms with Crippen LogP contribution in [-0.4, -0.2) is 43.8 Å². The van der Waals surface area contributed by atoms with Gasteiger partial charge in [-0.15, -0.1) is 0 Å². The van der Waals surface area contributed by atoms with Gasteiger partial charge >= 0.3 is 5.97 Å². The first kappa shape index (κ1) is 18.4. The van der Waals surface area contributed by atoms with Crippen molar-refractivity contribution in [2.75, 3.05) is 13.1 Å². The van der Waals surface area contributed by atoms with E-state index in [0.29, 0.717) is 19.0 Å². The molecule has 2 aromatic heterocycles. The summed E-state index contributed by atoms with van der Waals surface area (Å²) in [5.41, 5.74) is 3.93. The maximum Gasteiger partial charge on any atom is 0.307 e. The van der Waals surface area contributed by atoms with Gasteiger partial charge in [0, 0.05) is 49.4 Å². The van der Waals surface area contributed by atoms with E-state index in [-0.39, 0.29) is 5.92 Å². The largest absolute Gasteiger partial charge is 0.481 e. The van der Waals surface area contributed by atoms with Crippen LogP contribution in [0, 0.1) is 11.8 Å². The molecule has 0 bridgehead atoms. The highest BCUT2D eigenvalue weighted by molar-refractivity contribution is 5.70. The van der Waals surface area contributed by atoms with Crippen LogP contribution in [0.4, 0.5) is 0 Å². The predicted molar refractivity (Wildman–Crippen MR) is 107 cm³/mol. The van der Waals surface area contributed by atoms with Crippen molar-refractivity contribution in [2.24, 2.45) is 11.8 Å². The van der Waals surface area contributed by atoms with Crippen LogP contribution in [0.5, 0.6) is 0 Å². The molecule has 144 valence electrons. The summed E-state index contributed by atoms with van der Waals surface area (Å²) >= 11 is 0. The van der Waals surface area contributed by atoms with Crippen molar-refractivity contribution in [3.63, 3.8) is 0 Å². The monoisotopic (exact) mass is 376 g/mol. The van der Waals surface area contributed by atoms with Gasteiger partial charge in [0.15, 0.2) is 0 Å². The van der Waals surface area contributed by atoms with Gasteiger partial charge in [-0.3, -0.25) is 14.7 Å². The predicted octanol–water partition coefficient (Wildman–Crippen LogP) is 3.48. The van der Waals surface area contributed by atoms with Crippen molar-refractivity contribution in [3.8, 4) is 16.9 Å². The van der Waals surface area contributed by atoms with Crippen molar-refractivity contribution < 1.29 is 9.90 Å². The molecule has 0 amide bonds. The molecule has 1 aromatic carbocycles. The first-order chi connectivity index (χ1) is 13.6. The van der Waals surface area contributed by atoms with Crippen LogP contribution in [0.15, 0.2) is 61.1 Å². The van der Waals surface area contributed by atoms with Gasteiger partial charge in [0.1, 0.15) is 0 Å². The Morgan fingerprint density at radius 2 is 2.00 bits per heavy atom. The maximum atomic E-state index is 11.5. The van der Waals surface area contributed by atoms with Gasteiger partial charge in [-0.05, 0) is 36.6 Å². The van der Waals surface area contributed by atoms with E-state index in [9.17, 15) is 9.90 Å². The second-order valence-electron chi connectivity index (χ2n) is 7.59. The van der Waals surface area contributed by atoms with Crippen LogP contribution in [0.1, 0.15) is 18.9 Å². The van der Waals surface area contributed by atoms with Crippen LogP contribution in [0.2, 0.25) is 0 Å². The van der Waals surface area contributed by atoms with E-state index in [0.717, 1.165) is 35.5 Å². The molecule has 1 aliphatic heterocycles. The third-order valence-corrected chi connectivity index (χ3v) is 5.22. The van der Waals surface area contributed by atoms with Crippen LogP contribution < -0.4 is 0 Å². The number of hydrogen-bond donors (Lipinski definition) is 1. The number of piperidine rings is 1. The van der Waals surface area contributed by atoms with Crippen molar-refractivity contribution in [3.05, 3.63) is 66.6 Å². The highest BCUT2D eigenvalue weighted by Gasteiger charge is 2.30. The number of rotatable bonds is 5. The molecule has 1 saturated heterocycles. The number of aliphatic carboxylic acids is 1. The number of hydrogen-bond acceptors (Lipinski definition) is 4. The Balaban J connectivity index is 1.67. The summed E-state index contributed by atoms with van der Waals surface area (Å²) in [5.74, 6) is -0.653. The van der Waals surface area contributed by atoms with E-state index in [2.05, 4.69) is 16.8 Å². The lowest BCUT2D eigenvalue weighted by atomic mass is 9.90. The molecule has 4 rings (SSSR count). The first-order valence-corrected chi connectivity index (χ1v) is 9.59. The van der Waals surface area contributed by atoms with E-state index in [1.54, 1.807) is 6.20 Å². The molecule has 0 spiro atoms. The van der Waals surface area contributed by atoms with Crippen molar-refractivity contribution in [1.29, 1.82) is 0 Å². The Morgan fingerprint density at radius 1 is 1.18 bits per heavy atom. The zero-order chi connectivity index (χ0) is 19.5. The second kappa shape index (κ2) is 7.94. The number of likely N-dealkylation sites (tertiary alicyclic amines) is 1. The Labute approximate surface area is 164 Å². The minimum Gasteiger partial charge on any atom is -0.481 e. The van der Waals surface area contributed by atoms with E-state index in [4.69, 9.17) is 5.10 Å². The van der Waals surface area contributed by atoms with Crippen molar-refractivity contribution >= 4 is 5.97 Å². The summed E-state index contributed by atoms with van der Waals surface area (Å²) in [6, 6.07) is 13.9. The summed E-state index contributed by atoms with van der Waals surface area (Å²) in [7, 11) is 0. The third-order valence-electron chi connectivity index (χ3n) is 5.22. The zero-order valence-corrected chi connectivity index (χ0v) is 15.9. The molecule has 2 unspecified atom stereocenters. The summed E-state index contributed by atoms with van der Waals surface area (Å²) in [6.45, 7) is 4.26. The molecule has 3 aromatic rings. The highest BCUT2D eigenvalue weighted by atomic mass is 16.4. The molecule has 3 heterocycles. The standard InChI is InChI=1S/C22H24N4O2/c1-16-10-18(22(27)28)13-25(12-16)14-19-15-26(20-7-3-2-4-8-20)24-21(19)17-6-5-9-23-11-17/h2-9,11,15-16,18H,10,12-14H2,1H3,(H,27,28). The van der Waals surface area contributed by atoms with Crippen molar-refractivity contribution in [2.45, 2.75) is 19.9 Å². The molecule has 28 heavy (non-hydrogen) atoms. The Bertz CT molecular complexity index is 940. The van der Waals surface area contributed by atoms with E-state index in [1.807, 2.05) is 59.5 Å². The highest BCUT2D eigenvalue weighted by Crippen LogP contribution is 2.28. The average molecular weight is 376 g/mol. The van der Waals surface area contributed by atoms with Gasteiger partial charge in [-0.1, -0.05) is 25.1 Å². The molecule has 0 radical (unpaired) electrons. The molecule has 1 aliphatic rings. The Hall–Kier alpha value is -2.99. The van der Waals surface area contributed by atoms with E-state index >= 15 is 0 Å². The fraction of sp³-hybridized carbons (Fsp3) is 0.318. The lowest BCUT2D eigenvalue weighted by Gasteiger charge is -2.34. The molecule has 6 nitrogen and oxygen atoms in total. The number of carbonyl (C=O) groups is 1. The molecule has 6 heteroatoms. The van der Waals surface area contributed by atoms with Crippen LogP contribution >= 0.6 is 0 Å². The topological polar surface area (TPSA) is 71.2 Å². The van der Waals surface area contributed by atoms with Gasteiger partial charge in [-0.25, -0.2) is 4.68 Å². The summed E-state index contributed by atoms with van der Waals surface area (Å²) < 4.78 is 1.89. The molecular formula is C22H24N4O2. The van der Waals surface area contributed by atoms with E-state index in [1.165, 1.54) is 0 Å². The molecule has 1 N–H and O–H groups in total. The number of aromatic nitrogens is 3. The van der Waals surface area contributed by atoms with E-state index < -0.39 is 5.97 Å². The fourth-order valence-corrected chi connectivity index (χ4v) is 3.99. The first-order valence-electron chi connectivity index (χ1n) is 9.59. The molecule has 0 saturated carbocycles. The minimum absolute atomic E-state index is 0.310. The number of carboxylic acid groups (broad SMARTS) is 1. The SMILES string of the molecule is CC1CC(C(=O)O)CN(Cc2cn(-c3ccccc3)nc2-c2cccnc2)C1. The number of nitrogens with zero attached hydrogens (tertiary/aromatic N) is 4. The van der Waals surface area contributed by atoms with Crippen molar-refractivity contribution in [1.82, 2.24) is 19.7 Å². The van der Waals surface area contributed by atoms with Gasteiger partial charge in [-0.2, -0.15) is 5.10 Å². The number of pyridine rings is 1. The maximum absolute atomic E-state index is 11.5. The van der Waals surface area contributed by atoms with Gasteiger partial charge in [0.05, 0.1) is 17.3 Å². The smallest absolute Gasteiger partial charge is 0.307 e. The average Bonchev–Trinajstić information content (AvgIpc) is 3.12. The quantitative estimate of drug-likeness (QED) is 0.738. The summed E-state index contributed by atoms with van der Waals surface area (Å²) in [4.78, 5) is 18.0.